The molecule has 0 radical (unpaired) electrons. The first-order valence-corrected chi connectivity index (χ1v) is 7.82. The number of anilines is 1. The van der Waals surface area contributed by atoms with Crippen LogP contribution in [0.4, 0.5) is 23.7 Å². The Morgan fingerprint density at radius 3 is 2.46 bits per heavy atom. The lowest BCUT2D eigenvalue weighted by Crippen LogP contribution is -2.46. The number of nitrogens with zero attached hydrogens (tertiary/aromatic N) is 2. The summed E-state index contributed by atoms with van der Waals surface area (Å²) in [6.45, 7) is 6.48. The summed E-state index contributed by atoms with van der Waals surface area (Å²) in [6.07, 6.45) is -2.47. The summed E-state index contributed by atoms with van der Waals surface area (Å²) in [7, 11) is 0. The highest BCUT2D eigenvalue weighted by Gasteiger charge is 2.33. The minimum atomic E-state index is -4.45. The number of ether oxygens (including phenoxy) is 1. The fourth-order valence-electron chi connectivity index (χ4n) is 2.53. The quantitative estimate of drug-likeness (QED) is 0.890. The molecule has 134 valence electrons. The molecule has 1 N–H and O–H groups in total. The van der Waals surface area contributed by atoms with Gasteiger partial charge in [0.1, 0.15) is 11.3 Å². The molecule has 1 aromatic rings. The molecule has 2 heterocycles. The molecule has 24 heavy (non-hydrogen) atoms. The largest absolute Gasteiger partial charge is 0.444 e. The Hall–Kier alpha value is -1.99. The number of alkyl carbamates (subject to hydrolysis) is 1. The summed E-state index contributed by atoms with van der Waals surface area (Å²) >= 11 is 0. The molecule has 1 aromatic heterocycles. The van der Waals surface area contributed by atoms with Crippen molar-refractivity contribution in [3.05, 3.63) is 24.0 Å². The number of halogens is 3. The zero-order chi connectivity index (χ0) is 18.0. The third-order valence-electron chi connectivity index (χ3n) is 3.61. The Bertz CT molecular complexity index is 577. The van der Waals surface area contributed by atoms with Gasteiger partial charge in [-0.05, 0) is 45.7 Å². The second-order valence-corrected chi connectivity index (χ2v) is 6.80. The van der Waals surface area contributed by atoms with E-state index in [4.69, 9.17) is 4.74 Å². The lowest BCUT2D eigenvalue weighted by molar-refractivity contribution is -0.141. The first-order chi connectivity index (χ1) is 11.0. The summed E-state index contributed by atoms with van der Waals surface area (Å²) in [6, 6.07) is 2.58. The molecule has 8 heteroatoms. The van der Waals surface area contributed by atoms with E-state index in [0.717, 1.165) is 6.07 Å². The zero-order valence-corrected chi connectivity index (χ0v) is 14.0. The number of aromatic nitrogens is 1. The molecular weight excluding hydrogens is 323 g/mol. The molecule has 0 bridgehead atoms. The molecule has 1 aliphatic heterocycles. The SMILES string of the molecule is CC(C)(C)OC(=O)NC1CCN(c2ccnc(C(F)(F)F)c2)CC1. The lowest BCUT2D eigenvalue weighted by atomic mass is 10.0. The third kappa shape index (κ3) is 5.28. The Balaban J connectivity index is 1.90. The zero-order valence-electron chi connectivity index (χ0n) is 14.0. The van der Waals surface area contributed by atoms with Crippen LogP contribution in [0.25, 0.3) is 0 Å². The van der Waals surface area contributed by atoms with Crippen LogP contribution in [0.3, 0.4) is 0 Å². The number of amides is 1. The van der Waals surface area contributed by atoms with E-state index in [0.29, 0.717) is 31.6 Å². The predicted octanol–water partition coefficient (Wildman–Crippen LogP) is 3.59. The van der Waals surface area contributed by atoms with E-state index in [9.17, 15) is 18.0 Å². The normalized spacial score (nSPS) is 16.8. The van der Waals surface area contributed by atoms with Gasteiger partial charge in [0.2, 0.25) is 0 Å². The molecule has 0 unspecified atom stereocenters. The fraction of sp³-hybridized carbons (Fsp3) is 0.625. The van der Waals surface area contributed by atoms with Gasteiger partial charge in [-0.25, -0.2) is 4.79 Å². The molecule has 0 spiro atoms. The number of carbonyl (C=O) groups is 1. The summed E-state index contributed by atoms with van der Waals surface area (Å²) in [5.74, 6) is 0. The Kier molecular flexibility index (Phi) is 5.25. The topological polar surface area (TPSA) is 54.5 Å². The number of piperidine rings is 1. The number of hydrogen-bond donors (Lipinski definition) is 1. The maximum absolute atomic E-state index is 12.7. The van der Waals surface area contributed by atoms with Gasteiger partial charge in [0.25, 0.3) is 0 Å². The molecule has 0 atom stereocenters. The molecule has 1 saturated heterocycles. The summed E-state index contributed by atoms with van der Waals surface area (Å²) < 4.78 is 43.4. The first kappa shape index (κ1) is 18.4. The van der Waals surface area contributed by atoms with Crippen LogP contribution in [0, 0.1) is 0 Å². The number of alkyl halides is 3. The van der Waals surface area contributed by atoms with Crippen molar-refractivity contribution in [2.45, 2.75) is 51.4 Å². The van der Waals surface area contributed by atoms with Crippen molar-refractivity contribution in [2.24, 2.45) is 0 Å². The standard InChI is InChI=1S/C16H22F3N3O2/c1-15(2,3)24-14(23)21-11-5-8-22(9-6-11)12-4-7-20-13(10-12)16(17,18)19/h4,7,10-11H,5-6,8-9H2,1-3H3,(H,21,23). The van der Waals surface area contributed by atoms with Crippen molar-refractivity contribution >= 4 is 11.8 Å². The highest BCUT2D eigenvalue weighted by molar-refractivity contribution is 5.68. The lowest BCUT2D eigenvalue weighted by Gasteiger charge is -2.34. The van der Waals surface area contributed by atoms with Crippen LogP contribution >= 0.6 is 0 Å². The van der Waals surface area contributed by atoms with Crippen molar-refractivity contribution in [3.63, 3.8) is 0 Å². The van der Waals surface area contributed by atoms with Gasteiger partial charge in [0.05, 0.1) is 0 Å². The minimum absolute atomic E-state index is 0.0416. The molecule has 2 rings (SSSR count). The highest BCUT2D eigenvalue weighted by Crippen LogP contribution is 2.30. The Morgan fingerprint density at radius 1 is 1.29 bits per heavy atom. The van der Waals surface area contributed by atoms with Crippen LogP contribution in [0.5, 0.6) is 0 Å². The average Bonchev–Trinajstić information content (AvgIpc) is 2.45. The van der Waals surface area contributed by atoms with Crippen LogP contribution in [0.15, 0.2) is 18.3 Å². The molecule has 1 fully saturated rings. The third-order valence-corrected chi connectivity index (χ3v) is 3.61. The first-order valence-electron chi connectivity index (χ1n) is 7.82. The van der Waals surface area contributed by atoms with Crippen molar-refractivity contribution in [1.82, 2.24) is 10.3 Å². The van der Waals surface area contributed by atoms with Crippen molar-refractivity contribution in [2.75, 3.05) is 18.0 Å². The van der Waals surface area contributed by atoms with Crippen molar-refractivity contribution in [1.29, 1.82) is 0 Å². The molecular formula is C16H22F3N3O2. The van der Waals surface area contributed by atoms with Crippen LogP contribution in [0.2, 0.25) is 0 Å². The summed E-state index contributed by atoms with van der Waals surface area (Å²) in [4.78, 5) is 17.0. The van der Waals surface area contributed by atoms with Crippen LogP contribution in [0.1, 0.15) is 39.3 Å². The molecule has 0 aromatic carbocycles. The monoisotopic (exact) mass is 345 g/mol. The number of hydrogen-bond acceptors (Lipinski definition) is 4. The minimum Gasteiger partial charge on any atom is -0.444 e. The smallest absolute Gasteiger partial charge is 0.433 e. The molecule has 0 aliphatic carbocycles. The van der Waals surface area contributed by atoms with Gasteiger partial charge in [-0.1, -0.05) is 0 Å². The van der Waals surface area contributed by atoms with E-state index in [2.05, 4.69) is 10.3 Å². The van der Waals surface area contributed by atoms with Crippen molar-refractivity contribution in [3.8, 4) is 0 Å². The molecule has 1 aliphatic rings. The van der Waals surface area contributed by atoms with Crippen LogP contribution < -0.4 is 10.2 Å². The fourth-order valence-corrected chi connectivity index (χ4v) is 2.53. The molecule has 0 saturated carbocycles. The Labute approximate surface area is 139 Å². The van der Waals surface area contributed by atoms with E-state index in [1.807, 2.05) is 4.90 Å². The van der Waals surface area contributed by atoms with Gasteiger partial charge in [0, 0.05) is 31.0 Å². The van der Waals surface area contributed by atoms with Crippen molar-refractivity contribution < 1.29 is 22.7 Å². The van der Waals surface area contributed by atoms with E-state index >= 15 is 0 Å². The van der Waals surface area contributed by atoms with Gasteiger partial charge >= 0.3 is 12.3 Å². The van der Waals surface area contributed by atoms with Crippen LogP contribution in [-0.2, 0) is 10.9 Å². The average molecular weight is 345 g/mol. The predicted molar refractivity (Wildman–Crippen MR) is 83.8 cm³/mol. The van der Waals surface area contributed by atoms with E-state index in [-0.39, 0.29) is 6.04 Å². The van der Waals surface area contributed by atoms with Gasteiger partial charge in [0.15, 0.2) is 0 Å². The van der Waals surface area contributed by atoms with Gasteiger partial charge in [-0.15, -0.1) is 0 Å². The summed E-state index contributed by atoms with van der Waals surface area (Å²) in [5.41, 5.74) is -0.961. The number of nitrogens with one attached hydrogen (secondary N) is 1. The van der Waals surface area contributed by atoms with Crippen LogP contribution in [-0.4, -0.2) is 35.8 Å². The maximum atomic E-state index is 12.7. The van der Waals surface area contributed by atoms with Gasteiger partial charge in [-0.3, -0.25) is 4.98 Å². The maximum Gasteiger partial charge on any atom is 0.433 e. The number of pyridine rings is 1. The Morgan fingerprint density at radius 2 is 1.92 bits per heavy atom. The second-order valence-electron chi connectivity index (χ2n) is 6.80. The highest BCUT2D eigenvalue weighted by atomic mass is 19.4. The number of rotatable bonds is 2. The van der Waals surface area contributed by atoms with E-state index in [1.54, 1.807) is 26.8 Å². The van der Waals surface area contributed by atoms with E-state index < -0.39 is 23.6 Å². The van der Waals surface area contributed by atoms with Gasteiger partial charge < -0.3 is 15.0 Å². The molecule has 5 nitrogen and oxygen atoms in total. The number of carbonyl (C=O) groups excluding carboxylic acids is 1. The van der Waals surface area contributed by atoms with E-state index in [1.165, 1.54) is 6.20 Å². The second kappa shape index (κ2) is 6.86. The van der Waals surface area contributed by atoms with Gasteiger partial charge in [-0.2, -0.15) is 13.2 Å². The molecule has 1 amide bonds. The summed E-state index contributed by atoms with van der Waals surface area (Å²) in [5, 5.41) is 2.80.